The van der Waals surface area contributed by atoms with Gasteiger partial charge in [-0.2, -0.15) is 0 Å². The Hall–Kier alpha value is -1.25. The van der Waals surface area contributed by atoms with E-state index < -0.39 is 5.97 Å². The Morgan fingerprint density at radius 2 is 2.38 bits per heavy atom. The summed E-state index contributed by atoms with van der Waals surface area (Å²) in [6.07, 6.45) is 4.18. The summed E-state index contributed by atoms with van der Waals surface area (Å²) in [4.78, 5) is 10.8. The average molecular weight is 179 g/mol. The summed E-state index contributed by atoms with van der Waals surface area (Å²) in [5, 5.41) is 8.89. The van der Waals surface area contributed by atoms with Crippen molar-refractivity contribution in [3.05, 3.63) is 24.0 Å². The van der Waals surface area contributed by atoms with Gasteiger partial charge in [0.2, 0.25) is 0 Å². The lowest BCUT2D eigenvalue weighted by Crippen LogP contribution is -2.28. The number of nitrogens with zero attached hydrogens (tertiary/aromatic N) is 1. The molecule has 70 valence electrons. The van der Waals surface area contributed by atoms with Gasteiger partial charge in [-0.3, -0.25) is 0 Å². The van der Waals surface area contributed by atoms with Gasteiger partial charge in [0.25, 0.3) is 0 Å². The largest absolute Gasteiger partial charge is 0.477 e. The van der Waals surface area contributed by atoms with Crippen LogP contribution in [-0.2, 0) is 0 Å². The quantitative estimate of drug-likeness (QED) is 0.755. The van der Waals surface area contributed by atoms with E-state index in [4.69, 9.17) is 5.11 Å². The standard InChI is InChI=1S/C10H13NO2/c1-7-4-5-8(7)11-6-2-3-9(11)10(12)13/h2-3,6-8H,4-5H2,1H3,(H,12,13). The summed E-state index contributed by atoms with van der Waals surface area (Å²) in [5.41, 5.74) is 0.413. The maximum absolute atomic E-state index is 10.8. The van der Waals surface area contributed by atoms with E-state index in [2.05, 4.69) is 6.92 Å². The van der Waals surface area contributed by atoms with E-state index in [-0.39, 0.29) is 0 Å². The lowest BCUT2D eigenvalue weighted by molar-refractivity contribution is 0.0672. The number of aromatic nitrogens is 1. The molecule has 1 saturated carbocycles. The third kappa shape index (κ3) is 1.24. The molecule has 1 aromatic rings. The number of carboxylic acid groups (broad SMARTS) is 1. The molecule has 2 rings (SSSR count). The molecule has 2 atom stereocenters. The highest BCUT2D eigenvalue weighted by Gasteiger charge is 2.30. The predicted molar refractivity (Wildman–Crippen MR) is 48.8 cm³/mol. The molecular weight excluding hydrogens is 166 g/mol. The molecule has 1 aromatic heterocycles. The van der Waals surface area contributed by atoms with Crippen LogP contribution in [0.1, 0.15) is 36.3 Å². The number of aromatic carboxylic acids is 1. The maximum atomic E-state index is 10.8. The van der Waals surface area contributed by atoms with Crippen LogP contribution in [0.5, 0.6) is 0 Å². The molecule has 3 nitrogen and oxygen atoms in total. The lowest BCUT2D eigenvalue weighted by atomic mass is 9.81. The van der Waals surface area contributed by atoms with Gasteiger partial charge in [-0.1, -0.05) is 6.92 Å². The van der Waals surface area contributed by atoms with Gasteiger partial charge in [0.1, 0.15) is 5.69 Å². The van der Waals surface area contributed by atoms with E-state index in [1.807, 2.05) is 10.8 Å². The summed E-state index contributed by atoms with van der Waals surface area (Å²) in [7, 11) is 0. The third-order valence-corrected chi connectivity index (χ3v) is 2.93. The Kier molecular flexibility index (Phi) is 1.87. The molecule has 2 unspecified atom stereocenters. The highest BCUT2D eigenvalue weighted by Crippen LogP contribution is 2.38. The monoisotopic (exact) mass is 179 g/mol. The summed E-state index contributed by atoms with van der Waals surface area (Å²) in [6.45, 7) is 2.17. The molecular formula is C10H13NO2. The predicted octanol–water partition coefficient (Wildman–Crippen LogP) is 2.16. The Morgan fingerprint density at radius 1 is 1.62 bits per heavy atom. The number of carbonyl (C=O) groups is 1. The van der Waals surface area contributed by atoms with E-state index >= 15 is 0 Å². The van der Waals surface area contributed by atoms with E-state index in [1.165, 1.54) is 6.42 Å². The molecule has 1 heterocycles. The normalized spacial score (nSPS) is 26.8. The molecule has 0 aliphatic heterocycles. The van der Waals surface area contributed by atoms with Gasteiger partial charge < -0.3 is 9.67 Å². The summed E-state index contributed by atoms with van der Waals surface area (Å²) >= 11 is 0. The SMILES string of the molecule is CC1CCC1n1cccc1C(=O)O. The Labute approximate surface area is 77.0 Å². The first-order valence-corrected chi connectivity index (χ1v) is 4.60. The fraction of sp³-hybridized carbons (Fsp3) is 0.500. The Bertz CT molecular complexity index is 329. The molecule has 0 saturated heterocycles. The molecule has 1 aliphatic carbocycles. The maximum Gasteiger partial charge on any atom is 0.352 e. The molecule has 0 spiro atoms. The minimum atomic E-state index is -0.830. The highest BCUT2D eigenvalue weighted by atomic mass is 16.4. The summed E-state index contributed by atoms with van der Waals surface area (Å²) in [6, 6.07) is 3.86. The second kappa shape index (κ2) is 2.91. The second-order valence-electron chi connectivity index (χ2n) is 3.73. The van der Waals surface area contributed by atoms with Crippen LogP contribution in [0.2, 0.25) is 0 Å². The Balaban J connectivity index is 2.29. The van der Waals surface area contributed by atoms with Crippen LogP contribution in [0.15, 0.2) is 18.3 Å². The number of carboxylic acids is 1. The van der Waals surface area contributed by atoms with Gasteiger partial charge in [0, 0.05) is 12.2 Å². The lowest BCUT2D eigenvalue weighted by Gasteiger charge is -2.35. The second-order valence-corrected chi connectivity index (χ2v) is 3.73. The van der Waals surface area contributed by atoms with Crippen molar-refractivity contribution >= 4 is 5.97 Å². The van der Waals surface area contributed by atoms with E-state index in [9.17, 15) is 4.79 Å². The fourth-order valence-electron chi connectivity index (χ4n) is 1.93. The fourth-order valence-corrected chi connectivity index (χ4v) is 1.93. The molecule has 3 heteroatoms. The molecule has 1 fully saturated rings. The zero-order valence-electron chi connectivity index (χ0n) is 7.60. The molecule has 1 N–H and O–H groups in total. The van der Waals surface area contributed by atoms with Gasteiger partial charge in [-0.15, -0.1) is 0 Å². The van der Waals surface area contributed by atoms with Crippen molar-refractivity contribution in [1.82, 2.24) is 4.57 Å². The molecule has 0 radical (unpaired) electrons. The topological polar surface area (TPSA) is 42.2 Å². The smallest absolute Gasteiger partial charge is 0.352 e. The first-order valence-electron chi connectivity index (χ1n) is 4.60. The summed E-state index contributed by atoms with van der Waals surface area (Å²) < 4.78 is 1.89. The number of rotatable bonds is 2. The van der Waals surface area contributed by atoms with Crippen molar-refractivity contribution in [3.63, 3.8) is 0 Å². The van der Waals surface area contributed by atoms with Crippen LogP contribution in [0.25, 0.3) is 0 Å². The number of hydrogen-bond acceptors (Lipinski definition) is 1. The summed E-state index contributed by atoms with van der Waals surface area (Å²) in [5.74, 6) is -0.213. The van der Waals surface area contributed by atoms with Gasteiger partial charge in [-0.25, -0.2) is 4.79 Å². The van der Waals surface area contributed by atoms with Crippen LogP contribution in [-0.4, -0.2) is 15.6 Å². The third-order valence-electron chi connectivity index (χ3n) is 2.93. The van der Waals surface area contributed by atoms with Crippen LogP contribution in [0.4, 0.5) is 0 Å². The van der Waals surface area contributed by atoms with Gasteiger partial charge in [-0.05, 0) is 30.9 Å². The van der Waals surface area contributed by atoms with Crippen molar-refractivity contribution in [1.29, 1.82) is 0 Å². The van der Waals surface area contributed by atoms with E-state index in [1.54, 1.807) is 12.1 Å². The van der Waals surface area contributed by atoms with Crippen molar-refractivity contribution in [2.24, 2.45) is 5.92 Å². The van der Waals surface area contributed by atoms with Crippen molar-refractivity contribution in [2.75, 3.05) is 0 Å². The number of hydrogen-bond donors (Lipinski definition) is 1. The van der Waals surface area contributed by atoms with Crippen molar-refractivity contribution in [2.45, 2.75) is 25.8 Å². The minimum absolute atomic E-state index is 0.404. The van der Waals surface area contributed by atoms with Crippen LogP contribution in [0, 0.1) is 5.92 Å². The highest BCUT2D eigenvalue weighted by molar-refractivity contribution is 5.85. The molecule has 0 aromatic carbocycles. The van der Waals surface area contributed by atoms with E-state index in [0.717, 1.165) is 6.42 Å². The first kappa shape index (κ1) is 8.35. The van der Waals surface area contributed by atoms with Crippen molar-refractivity contribution < 1.29 is 9.90 Å². The molecule has 13 heavy (non-hydrogen) atoms. The first-order chi connectivity index (χ1) is 6.20. The van der Waals surface area contributed by atoms with Crippen LogP contribution >= 0.6 is 0 Å². The zero-order valence-corrected chi connectivity index (χ0v) is 7.60. The van der Waals surface area contributed by atoms with Gasteiger partial charge in [0.05, 0.1) is 0 Å². The zero-order chi connectivity index (χ0) is 9.42. The molecule has 0 bridgehead atoms. The van der Waals surface area contributed by atoms with Crippen LogP contribution in [0.3, 0.4) is 0 Å². The van der Waals surface area contributed by atoms with E-state index in [0.29, 0.717) is 17.7 Å². The van der Waals surface area contributed by atoms with Crippen LogP contribution < -0.4 is 0 Å². The van der Waals surface area contributed by atoms with Crippen molar-refractivity contribution in [3.8, 4) is 0 Å². The average Bonchev–Trinajstić information content (AvgIpc) is 2.50. The molecule has 1 aliphatic rings. The Morgan fingerprint density at radius 3 is 2.85 bits per heavy atom. The minimum Gasteiger partial charge on any atom is -0.477 e. The molecule has 0 amide bonds. The van der Waals surface area contributed by atoms with Gasteiger partial charge >= 0.3 is 5.97 Å². The van der Waals surface area contributed by atoms with Gasteiger partial charge in [0.15, 0.2) is 0 Å².